The normalized spacial score (nSPS) is 19.5. The lowest BCUT2D eigenvalue weighted by molar-refractivity contribution is -0.145. The second-order valence-electron chi connectivity index (χ2n) is 4.71. The zero-order valence-corrected chi connectivity index (χ0v) is 11.7. The van der Waals surface area contributed by atoms with Crippen molar-refractivity contribution in [2.45, 2.75) is 18.4 Å². The van der Waals surface area contributed by atoms with Gasteiger partial charge in [0.05, 0.1) is 7.11 Å². The molecular weight excluding hydrogens is 274 g/mol. The van der Waals surface area contributed by atoms with Crippen molar-refractivity contribution in [3.05, 3.63) is 42.0 Å². The lowest BCUT2D eigenvalue weighted by Gasteiger charge is -2.26. The fourth-order valence-corrected chi connectivity index (χ4v) is 2.61. The molecule has 0 heterocycles. The maximum Gasteiger partial charge on any atom is 0.408 e. The molecule has 0 radical (unpaired) electrons. The van der Waals surface area contributed by atoms with Crippen molar-refractivity contribution >= 4 is 12.1 Å². The first kappa shape index (κ1) is 14.9. The molecule has 6 nitrogen and oxygen atoms in total. The van der Waals surface area contributed by atoms with Crippen LogP contribution < -0.4 is 10.1 Å². The van der Waals surface area contributed by atoms with E-state index in [0.29, 0.717) is 17.7 Å². The van der Waals surface area contributed by atoms with Crippen LogP contribution in [0.5, 0.6) is 5.75 Å². The predicted octanol–water partition coefficient (Wildman–Crippen LogP) is 1.83. The number of benzene rings is 1. The number of rotatable bonds is 5. The molecule has 1 aromatic carbocycles. The highest BCUT2D eigenvalue weighted by atomic mass is 16.5. The SMILES string of the molecule is C=CCOC(=O)NC1(C(=O)O)CCc2c(OC)cccc21. The van der Waals surface area contributed by atoms with Gasteiger partial charge >= 0.3 is 12.1 Å². The Balaban J connectivity index is 2.37. The number of nitrogens with one attached hydrogen (secondary N) is 1. The zero-order valence-electron chi connectivity index (χ0n) is 11.7. The summed E-state index contributed by atoms with van der Waals surface area (Å²) in [6.45, 7) is 3.46. The lowest BCUT2D eigenvalue weighted by atomic mass is 9.92. The molecule has 0 spiro atoms. The number of ether oxygens (including phenoxy) is 2. The summed E-state index contributed by atoms with van der Waals surface area (Å²) in [7, 11) is 1.53. The summed E-state index contributed by atoms with van der Waals surface area (Å²) in [6, 6.07) is 5.16. The quantitative estimate of drug-likeness (QED) is 0.808. The van der Waals surface area contributed by atoms with E-state index in [2.05, 4.69) is 11.9 Å². The number of carbonyl (C=O) groups is 2. The molecule has 6 heteroatoms. The summed E-state index contributed by atoms with van der Waals surface area (Å²) < 4.78 is 10.1. The molecule has 1 aliphatic rings. The molecule has 0 aliphatic heterocycles. The van der Waals surface area contributed by atoms with Crippen molar-refractivity contribution in [1.29, 1.82) is 0 Å². The molecule has 1 atom stereocenters. The molecule has 2 rings (SSSR count). The number of carboxylic acid groups (broad SMARTS) is 1. The molecule has 1 unspecified atom stereocenters. The maximum absolute atomic E-state index is 11.8. The average Bonchev–Trinajstić information content (AvgIpc) is 2.85. The highest BCUT2D eigenvalue weighted by molar-refractivity contribution is 5.87. The second-order valence-corrected chi connectivity index (χ2v) is 4.71. The first-order valence-electron chi connectivity index (χ1n) is 6.50. The zero-order chi connectivity index (χ0) is 15.5. The van der Waals surface area contributed by atoms with E-state index in [-0.39, 0.29) is 13.0 Å². The van der Waals surface area contributed by atoms with E-state index in [1.54, 1.807) is 18.2 Å². The minimum Gasteiger partial charge on any atom is -0.496 e. The summed E-state index contributed by atoms with van der Waals surface area (Å²) in [4.78, 5) is 23.5. The van der Waals surface area contributed by atoms with Crippen LogP contribution in [-0.4, -0.2) is 30.9 Å². The van der Waals surface area contributed by atoms with Gasteiger partial charge in [0.15, 0.2) is 5.54 Å². The van der Waals surface area contributed by atoms with E-state index >= 15 is 0 Å². The highest BCUT2D eigenvalue weighted by Crippen LogP contribution is 2.41. The van der Waals surface area contributed by atoms with E-state index in [0.717, 1.165) is 5.56 Å². The van der Waals surface area contributed by atoms with Crippen molar-refractivity contribution in [3.8, 4) is 5.75 Å². The van der Waals surface area contributed by atoms with Crippen molar-refractivity contribution in [3.63, 3.8) is 0 Å². The molecule has 2 N–H and O–H groups in total. The summed E-state index contributed by atoms with van der Waals surface area (Å²) in [5, 5.41) is 12.1. The number of amides is 1. The van der Waals surface area contributed by atoms with Crippen molar-refractivity contribution < 1.29 is 24.2 Å². The fourth-order valence-electron chi connectivity index (χ4n) is 2.61. The lowest BCUT2D eigenvalue weighted by Crippen LogP contribution is -2.50. The number of hydrogen-bond acceptors (Lipinski definition) is 4. The molecule has 0 saturated carbocycles. The number of aliphatic carboxylic acids is 1. The topological polar surface area (TPSA) is 84.9 Å². The number of hydrogen-bond donors (Lipinski definition) is 2. The van der Waals surface area contributed by atoms with Crippen LogP contribution in [0.3, 0.4) is 0 Å². The number of methoxy groups -OCH3 is 1. The van der Waals surface area contributed by atoms with Crippen LogP contribution in [0.25, 0.3) is 0 Å². The Morgan fingerprint density at radius 1 is 1.52 bits per heavy atom. The second kappa shape index (κ2) is 5.87. The smallest absolute Gasteiger partial charge is 0.408 e. The van der Waals surface area contributed by atoms with E-state index in [4.69, 9.17) is 9.47 Å². The van der Waals surface area contributed by atoms with Crippen molar-refractivity contribution in [2.24, 2.45) is 0 Å². The standard InChI is InChI=1S/C15H17NO5/c1-3-9-21-14(19)16-15(13(17)18)8-7-10-11(15)5-4-6-12(10)20-2/h3-6H,1,7-9H2,2H3,(H,16,19)(H,17,18). The van der Waals surface area contributed by atoms with Gasteiger partial charge in [-0.2, -0.15) is 0 Å². The van der Waals surface area contributed by atoms with Gasteiger partial charge in [-0.1, -0.05) is 24.8 Å². The van der Waals surface area contributed by atoms with E-state index in [1.165, 1.54) is 13.2 Å². The summed E-state index contributed by atoms with van der Waals surface area (Å²) in [5.41, 5.74) is -0.154. The van der Waals surface area contributed by atoms with Crippen LogP contribution in [0, 0.1) is 0 Å². The van der Waals surface area contributed by atoms with Gasteiger partial charge in [0.1, 0.15) is 12.4 Å². The number of carboxylic acids is 1. The predicted molar refractivity (Wildman–Crippen MR) is 75.3 cm³/mol. The van der Waals surface area contributed by atoms with Crippen LogP contribution >= 0.6 is 0 Å². The molecule has 0 saturated heterocycles. The molecule has 0 aromatic heterocycles. The molecule has 21 heavy (non-hydrogen) atoms. The van der Waals surface area contributed by atoms with Gasteiger partial charge in [-0.3, -0.25) is 0 Å². The molecule has 1 aromatic rings. The van der Waals surface area contributed by atoms with E-state index in [1.807, 2.05) is 0 Å². The number of carbonyl (C=O) groups excluding carboxylic acids is 1. The molecule has 0 fully saturated rings. The van der Waals surface area contributed by atoms with Crippen molar-refractivity contribution in [1.82, 2.24) is 5.32 Å². The Kier molecular flexibility index (Phi) is 4.16. The van der Waals surface area contributed by atoms with Crippen molar-refractivity contribution in [2.75, 3.05) is 13.7 Å². The van der Waals surface area contributed by atoms with Gasteiger partial charge in [-0.25, -0.2) is 9.59 Å². The van der Waals surface area contributed by atoms with E-state index < -0.39 is 17.6 Å². The molecule has 0 bridgehead atoms. The number of alkyl carbamates (subject to hydrolysis) is 1. The summed E-state index contributed by atoms with van der Waals surface area (Å²) in [6.07, 6.45) is 1.39. The molecular formula is C15H17NO5. The van der Waals surface area contributed by atoms with E-state index in [9.17, 15) is 14.7 Å². The van der Waals surface area contributed by atoms with Gasteiger partial charge in [0, 0.05) is 5.56 Å². The Morgan fingerprint density at radius 3 is 2.90 bits per heavy atom. The van der Waals surface area contributed by atoms with Crippen LogP contribution in [0.4, 0.5) is 4.79 Å². The fraction of sp³-hybridized carbons (Fsp3) is 0.333. The minimum atomic E-state index is -1.48. The minimum absolute atomic E-state index is 0.0203. The Hall–Kier alpha value is -2.50. The largest absolute Gasteiger partial charge is 0.496 e. The van der Waals surface area contributed by atoms with Gasteiger partial charge < -0.3 is 19.9 Å². The van der Waals surface area contributed by atoms with Crippen LogP contribution in [0.15, 0.2) is 30.9 Å². The van der Waals surface area contributed by atoms with Crippen LogP contribution in [0.1, 0.15) is 17.5 Å². The molecule has 1 amide bonds. The Labute approximate surface area is 122 Å². The third-order valence-corrected chi connectivity index (χ3v) is 3.58. The first-order chi connectivity index (χ1) is 10.0. The monoisotopic (exact) mass is 291 g/mol. The maximum atomic E-state index is 11.8. The molecule has 112 valence electrons. The summed E-state index contributed by atoms with van der Waals surface area (Å²) in [5.74, 6) is -0.498. The van der Waals surface area contributed by atoms with Gasteiger partial charge in [0.25, 0.3) is 0 Å². The average molecular weight is 291 g/mol. The third-order valence-electron chi connectivity index (χ3n) is 3.58. The van der Waals surface area contributed by atoms with Gasteiger partial charge in [0.2, 0.25) is 0 Å². The summed E-state index contributed by atoms with van der Waals surface area (Å²) >= 11 is 0. The Morgan fingerprint density at radius 2 is 2.29 bits per heavy atom. The highest BCUT2D eigenvalue weighted by Gasteiger charge is 2.48. The van der Waals surface area contributed by atoms with Gasteiger partial charge in [-0.15, -0.1) is 0 Å². The van der Waals surface area contributed by atoms with Gasteiger partial charge in [-0.05, 0) is 24.5 Å². The van der Waals surface area contributed by atoms with Crippen LogP contribution in [0.2, 0.25) is 0 Å². The third kappa shape index (κ3) is 2.56. The Bertz CT molecular complexity index is 583. The first-order valence-corrected chi connectivity index (χ1v) is 6.50. The molecule has 1 aliphatic carbocycles. The number of fused-ring (bicyclic) bond motifs is 1. The van der Waals surface area contributed by atoms with Crippen LogP contribution in [-0.2, 0) is 21.5 Å².